The summed E-state index contributed by atoms with van der Waals surface area (Å²) in [4.78, 5) is 15.0. The van der Waals surface area contributed by atoms with Crippen molar-refractivity contribution in [3.8, 4) is 0 Å². The molecular formula is C12H14F3N2O2. The Bertz CT molecular complexity index is 427. The van der Waals surface area contributed by atoms with Gasteiger partial charge in [0.1, 0.15) is 5.60 Å². The first kappa shape index (κ1) is 15.3. The fourth-order valence-corrected chi connectivity index (χ4v) is 1.27. The third-order valence-electron chi connectivity index (χ3n) is 1.94. The third-order valence-corrected chi connectivity index (χ3v) is 1.94. The number of nitrogens with one attached hydrogen (secondary N) is 1. The molecule has 1 atom stereocenters. The van der Waals surface area contributed by atoms with Crippen molar-refractivity contribution in [1.29, 1.82) is 0 Å². The van der Waals surface area contributed by atoms with Gasteiger partial charge in [0.15, 0.2) is 6.04 Å². The molecule has 0 aliphatic heterocycles. The summed E-state index contributed by atoms with van der Waals surface area (Å²) >= 11 is 0. The molecule has 1 aromatic rings. The van der Waals surface area contributed by atoms with E-state index in [9.17, 15) is 18.0 Å². The van der Waals surface area contributed by atoms with Gasteiger partial charge in [-0.2, -0.15) is 13.2 Å². The van der Waals surface area contributed by atoms with Gasteiger partial charge in [0.25, 0.3) is 0 Å². The monoisotopic (exact) mass is 275 g/mol. The van der Waals surface area contributed by atoms with Gasteiger partial charge in [0.2, 0.25) is 0 Å². The number of amides is 1. The lowest BCUT2D eigenvalue weighted by atomic mass is 10.1. The highest BCUT2D eigenvalue weighted by Crippen LogP contribution is 2.32. The molecule has 0 saturated carbocycles. The highest BCUT2D eigenvalue weighted by atomic mass is 19.4. The number of halogens is 3. The second kappa shape index (κ2) is 5.46. The van der Waals surface area contributed by atoms with Crippen molar-refractivity contribution in [1.82, 2.24) is 10.3 Å². The minimum atomic E-state index is -4.65. The van der Waals surface area contributed by atoms with E-state index in [4.69, 9.17) is 4.74 Å². The third kappa shape index (κ3) is 5.15. The summed E-state index contributed by atoms with van der Waals surface area (Å²) in [6.07, 6.45) is -3.54. The Morgan fingerprint density at radius 2 is 2.05 bits per heavy atom. The number of hydrogen-bond acceptors (Lipinski definition) is 3. The van der Waals surface area contributed by atoms with E-state index in [1.54, 1.807) is 26.1 Å². The van der Waals surface area contributed by atoms with Gasteiger partial charge in [-0.25, -0.2) is 4.79 Å². The van der Waals surface area contributed by atoms with Gasteiger partial charge in [0, 0.05) is 24.0 Å². The molecule has 0 saturated heterocycles. The highest BCUT2D eigenvalue weighted by molar-refractivity contribution is 5.68. The van der Waals surface area contributed by atoms with Crippen LogP contribution in [-0.2, 0) is 4.74 Å². The molecule has 0 bridgehead atoms. The summed E-state index contributed by atoms with van der Waals surface area (Å²) in [5.74, 6) is 0. The smallest absolute Gasteiger partial charge is 0.413 e. The van der Waals surface area contributed by atoms with E-state index in [0.717, 1.165) is 12.3 Å². The molecular weight excluding hydrogens is 261 g/mol. The lowest BCUT2D eigenvalue weighted by Gasteiger charge is -2.25. The van der Waals surface area contributed by atoms with Gasteiger partial charge in [0.05, 0.1) is 0 Å². The Hall–Kier alpha value is -1.79. The van der Waals surface area contributed by atoms with Crippen LogP contribution in [-0.4, -0.2) is 22.9 Å². The van der Waals surface area contributed by atoms with Gasteiger partial charge in [-0.05, 0) is 26.8 Å². The maximum atomic E-state index is 12.9. The zero-order valence-electron chi connectivity index (χ0n) is 10.7. The molecule has 19 heavy (non-hydrogen) atoms. The summed E-state index contributed by atoms with van der Waals surface area (Å²) in [5, 5.41) is 1.78. The fraction of sp³-hybridized carbons (Fsp3) is 0.500. The van der Waals surface area contributed by atoms with Crippen molar-refractivity contribution < 1.29 is 22.7 Å². The Kier molecular flexibility index (Phi) is 4.39. The lowest BCUT2D eigenvalue weighted by molar-refractivity contribution is -0.157. The van der Waals surface area contributed by atoms with Crippen LogP contribution in [0.15, 0.2) is 18.5 Å². The van der Waals surface area contributed by atoms with Crippen molar-refractivity contribution in [2.75, 3.05) is 0 Å². The standard InChI is InChI=1S/C12H14F3N2O2/c1-11(2,3)19-10(18)17-9(12(13,14)15)8-5-4-6-16-7-8/h5-7,9H,1-3H3,(H,17,18). The van der Waals surface area contributed by atoms with Crippen molar-refractivity contribution in [3.05, 3.63) is 30.1 Å². The quantitative estimate of drug-likeness (QED) is 0.902. The summed E-state index contributed by atoms with van der Waals surface area (Å²) < 4.78 is 43.5. The zero-order valence-corrected chi connectivity index (χ0v) is 10.7. The molecule has 0 fully saturated rings. The molecule has 1 rings (SSSR count). The predicted octanol–water partition coefficient (Wildman–Crippen LogP) is 3.01. The van der Waals surface area contributed by atoms with Gasteiger partial charge < -0.3 is 10.1 Å². The number of aromatic nitrogens is 1. The van der Waals surface area contributed by atoms with E-state index in [0.29, 0.717) is 0 Å². The van der Waals surface area contributed by atoms with Crippen molar-refractivity contribution in [2.45, 2.75) is 38.6 Å². The first-order valence-electron chi connectivity index (χ1n) is 5.47. The van der Waals surface area contributed by atoms with Gasteiger partial charge >= 0.3 is 12.3 Å². The maximum absolute atomic E-state index is 12.9. The normalized spacial score (nSPS) is 13.8. The lowest BCUT2D eigenvalue weighted by Crippen LogP contribution is -2.41. The Labute approximate surface area is 109 Å². The van der Waals surface area contributed by atoms with E-state index in [2.05, 4.69) is 11.1 Å². The number of alkyl halides is 3. The molecule has 0 spiro atoms. The number of hydrogen-bond donors (Lipinski definition) is 1. The van der Waals surface area contributed by atoms with Crippen molar-refractivity contribution >= 4 is 6.09 Å². The molecule has 1 aromatic heterocycles. The molecule has 0 aliphatic carbocycles. The number of carbonyl (C=O) groups is 1. The number of rotatable bonds is 2. The summed E-state index contributed by atoms with van der Waals surface area (Å²) in [6, 6.07) is 1.37. The van der Waals surface area contributed by atoms with Gasteiger partial charge in [-0.15, -0.1) is 0 Å². The molecule has 0 aliphatic rings. The average molecular weight is 275 g/mol. The number of carbonyl (C=O) groups excluding carboxylic acids is 1. The van der Waals surface area contributed by atoms with Crippen LogP contribution < -0.4 is 5.32 Å². The summed E-state index contributed by atoms with van der Waals surface area (Å²) in [6.45, 7) is 4.69. The fourth-order valence-electron chi connectivity index (χ4n) is 1.27. The van der Waals surface area contributed by atoms with Crippen LogP contribution in [0.25, 0.3) is 0 Å². The van der Waals surface area contributed by atoms with E-state index in [1.807, 2.05) is 0 Å². The largest absolute Gasteiger partial charge is 0.444 e. The average Bonchev–Trinajstić information content (AvgIpc) is 2.23. The first-order valence-corrected chi connectivity index (χ1v) is 5.47. The molecule has 0 aromatic carbocycles. The Balaban J connectivity index is 2.87. The van der Waals surface area contributed by atoms with E-state index >= 15 is 0 Å². The minimum Gasteiger partial charge on any atom is -0.444 e. The van der Waals surface area contributed by atoms with Crippen molar-refractivity contribution in [2.24, 2.45) is 0 Å². The van der Waals surface area contributed by atoms with Crippen LogP contribution >= 0.6 is 0 Å². The van der Waals surface area contributed by atoms with Gasteiger partial charge in [-0.3, -0.25) is 4.98 Å². The predicted molar refractivity (Wildman–Crippen MR) is 61.2 cm³/mol. The molecule has 4 nitrogen and oxygen atoms in total. The van der Waals surface area contributed by atoms with E-state index < -0.39 is 23.9 Å². The molecule has 1 unspecified atom stereocenters. The minimum absolute atomic E-state index is 0.208. The number of pyridine rings is 1. The van der Waals surface area contributed by atoms with Crippen molar-refractivity contribution in [3.63, 3.8) is 0 Å². The summed E-state index contributed by atoms with van der Waals surface area (Å²) in [5.41, 5.74) is -1.08. The molecule has 1 N–H and O–H groups in total. The topological polar surface area (TPSA) is 51.2 Å². The first-order chi connectivity index (χ1) is 8.59. The van der Waals surface area contributed by atoms with E-state index in [-0.39, 0.29) is 5.56 Å². The molecule has 7 heteroatoms. The SMILES string of the molecule is CC(C)(C)OC(=O)NC(c1c[c]cnc1)C(F)(F)F. The van der Waals surface area contributed by atoms with Gasteiger partial charge in [-0.1, -0.05) is 0 Å². The number of ether oxygens (including phenoxy) is 1. The zero-order chi connectivity index (χ0) is 14.7. The van der Waals surface area contributed by atoms with Crippen LogP contribution in [0.2, 0.25) is 0 Å². The Morgan fingerprint density at radius 1 is 1.42 bits per heavy atom. The van der Waals surface area contributed by atoms with Crippen LogP contribution in [0, 0.1) is 6.07 Å². The van der Waals surface area contributed by atoms with Crippen LogP contribution in [0.5, 0.6) is 0 Å². The van der Waals surface area contributed by atoms with Crippen LogP contribution in [0.4, 0.5) is 18.0 Å². The van der Waals surface area contributed by atoms with Crippen LogP contribution in [0.3, 0.4) is 0 Å². The number of nitrogens with zero attached hydrogens (tertiary/aromatic N) is 1. The Morgan fingerprint density at radius 3 is 2.47 bits per heavy atom. The maximum Gasteiger partial charge on any atom is 0.413 e. The van der Waals surface area contributed by atoms with E-state index in [1.165, 1.54) is 6.20 Å². The molecule has 105 valence electrons. The number of alkyl carbamates (subject to hydrolysis) is 1. The molecule has 1 amide bonds. The second-order valence-corrected chi connectivity index (χ2v) is 4.84. The summed E-state index contributed by atoms with van der Waals surface area (Å²) in [7, 11) is 0. The highest BCUT2D eigenvalue weighted by Gasteiger charge is 2.42. The van der Waals surface area contributed by atoms with Crippen LogP contribution in [0.1, 0.15) is 32.4 Å². The second-order valence-electron chi connectivity index (χ2n) is 4.84. The molecule has 1 radical (unpaired) electrons. The molecule has 1 heterocycles.